The Bertz CT molecular complexity index is 1090. The number of benzene rings is 3. The van der Waals surface area contributed by atoms with Crippen LogP contribution in [-0.4, -0.2) is 24.7 Å². The highest BCUT2D eigenvalue weighted by atomic mass is 35.5. The van der Waals surface area contributed by atoms with E-state index in [0.717, 1.165) is 5.56 Å². The number of hydrogen-bond acceptors (Lipinski definition) is 4. The molecular formula is C23H19ClN2O3S. The minimum Gasteiger partial charge on any atom is -0.495 e. The van der Waals surface area contributed by atoms with E-state index in [2.05, 4.69) is 5.32 Å². The molecule has 1 saturated heterocycles. The Morgan fingerprint density at radius 1 is 1.07 bits per heavy atom. The normalized spacial score (nSPS) is 15.9. The number of para-hydroxylation sites is 3. The standard InChI is InChI=1S/C23H19ClN2O3S/c1-29-20-9-5-4-8-19(20)26-21(27)14-30-23(26)17-6-2-3-7-18(17)25-22(28)15-10-12-16(24)13-11-15/h2-13,23H,14H2,1H3,(H,25,28)/t23-/m1/s1. The largest absolute Gasteiger partial charge is 0.495 e. The summed E-state index contributed by atoms with van der Waals surface area (Å²) < 4.78 is 5.47. The first kappa shape index (κ1) is 20.3. The molecular weight excluding hydrogens is 420 g/mol. The second-order valence-electron chi connectivity index (χ2n) is 6.65. The molecule has 152 valence electrons. The number of rotatable bonds is 5. The molecule has 30 heavy (non-hydrogen) atoms. The van der Waals surface area contributed by atoms with Crippen molar-refractivity contribution in [1.29, 1.82) is 0 Å². The van der Waals surface area contributed by atoms with E-state index >= 15 is 0 Å². The van der Waals surface area contributed by atoms with Crippen molar-refractivity contribution in [3.05, 3.63) is 88.9 Å². The van der Waals surface area contributed by atoms with Crippen molar-refractivity contribution in [2.75, 3.05) is 23.1 Å². The van der Waals surface area contributed by atoms with Gasteiger partial charge in [0.1, 0.15) is 11.1 Å². The molecule has 0 bridgehead atoms. The van der Waals surface area contributed by atoms with Gasteiger partial charge in [0, 0.05) is 21.8 Å². The van der Waals surface area contributed by atoms with E-state index in [0.29, 0.717) is 33.5 Å². The van der Waals surface area contributed by atoms with Crippen molar-refractivity contribution in [2.45, 2.75) is 5.37 Å². The molecule has 0 aliphatic carbocycles. The van der Waals surface area contributed by atoms with Crippen LogP contribution in [-0.2, 0) is 4.79 Å². The topological polar surface area (TPSA) is 58.6 Å². The third-order valence-corrected chi connectivity index (χ3v) is 6.24. The zero-order chi connectivity index (χ0) is 21.1. The molecule has 3 aromatic carbocycles. The van der Waals surface area contributed by atoms with Crippen LogP contribution in [0.15, 0.2) is 72.8 Å². The number of nitrogens with one attached hydrogen (secondary N) is 1. The van der Waals surface area contributed by atoms with Crippen molar-refractivity contribution >= 4 is 46.6 Å². The van der Waals surface area contributed by atoms with Gasteiger partial charge in [-0.05, 0) is 42.5 Å². The van der Waals surface area contributed by atoms with Crippen LogP contribution >= 0.6 is 23.4 Å². The molecule has 1 heterocycles. The highest BCUT2D eigenvalue weighted by Crippen LogP contribution is 2.46. The average Bonchev–Trinajstić information content (AvgIpc) is 3.15. The van der Waals surface area contributed by atoms with Crippen LogP contribution in [0.5, 0.6) is 5.75 Å². The van der Waals surface area contributed by atoms with Crippen LogP contribution in [0.4, 0.5) is 11.4 Å². The third-order valence-electron chi connectivity index (χ3n) is 4.79. The van der Waals surface area contributed by atoms with Gasteiger partial charge in [-0.2, -0.15) is 0 Å². The summed E-state index contributed by atoms with van der Waals surface area (Å²) in [5, 5.41) is 3.26. The molecule has 2 amide bonds. The van der Waals surface area contributed by atoms with Gasteiger partial charge in [0.25, 0.3) is 5.91 Å². The maximum absolute atomic E-state index is 12.8. The molecule has 1 aliphatic rings. The quantitative estimate of drug-likeness (QED) is 0.581. The van der Waals surface area contributed by atoms with Crippen molar-refractivity contribution in [3.8, 4) is 5.75 Å². The number of anilines is 2. The van der Waals surface area contributed by atoms with E-state index in [1.165, 1.54) is 11.8 Å². The summed E-state index contributed by atoms with van der Waals surface area (Å²) in [6, 6.07) is 21.7. The Hall–Kier alpha value is -2.96. The van der Waals surface area contributed by atoms with Gasteiger partial charge in [-0.15, -0.1) is 11.8 Å². The van der Waals surface area contributed by atoms with Crippen molar-refractivity contribution in [2.24, 2.45) is 0 Å². The maximum atomic E-state index is 12.8. The number of amides is 2. The second kappa shape index (κ2) is 8.81. The van der Waals surface area contributed by atoms with Crippen molar-refractivity contribution < 1.29 is 14.3 Å². The Labute approximate surface area is 184 Å². The predicted octanol–water partition coefficient (Wildman–Crippen LogP) is 5.38. The van der Waals surface area contributed by atoms with Gasteiger partial charge >= 0.3 is 0 Å². The number of halogens is 1. The van der Waals surface area contributed by atoms with Gasteiger partial charge in [-0.1, -0.05) is 41.9 Å². The van der Waals surface area contributed by atoms with Gasteiger partial charge in [-0.3, -0.25) is 14.5 Å². The summed E-state index contributed by atoms with van der Waals surface area (Å²) in [5.74, 6) is 0.731. The average molecular weight is 439 g/mol. The number of carbonyl (C=O) groups is 2. The summed E-state index contributed by atoms with van der Waals surface area (Å²) in [5.41, 5.74) is 2.72. The fourth-order valence-electron chi connectivity index (χ4n) is 3.37. The van der Waals surface area contributed by atoms with E-state index in [9.17, 15) is 9.59 Å². The highest BCUT2D eigenvalue weighted by molar-refractivity contribution is 8.00. The zero-order valence-corrected chi connectivity index (χ0v) is 17.7. The summed E-state index contributed by atoms with van der Waals surface area (Å²) in [6.07, 6.45) is 0. The molecule has 4 rings (SSSR count). The number of ether oxygens (including phenoxy) is 1. The SMILES string of the molecule is COc1ccccc1N1C(=O)CS[C@@H]1c1ccccc1NC(=O)c1ccc(Cl)cc1. The molecule has 7 heteroatoms. The maximum Gasteiger partial charge on any atom is 0.255 e. The summed E-state index contributed by atoms with van der Waals surface area (Å²) in [6.45, 7) is 0. The molecule has 5 nitrogen and oxygen atoms in total. The molecule has 0 spiro atoms. The van der Waals surface area contributed by atoms with Gasteiger partial charge in [0.15, 0.2) is 0 Å². The first-order valence-corrected chi connectivity index (χ1v) is 10.7. The van der Waals surface area contributed by atoms with Gasteiger partial charge < -0.3 is 10.1 Å². The Balaban J connectivity index is 1.68. The summed E-state index contributed by atoms with van der Waals surface area (Å²) >= 11 is 7.44. The molecule has 1 atom stereocenters. The highest BCUT2D eigenvalue weighted by Gasteiger charge is 2.36. The van der Waals surface area contributed by atoms with Crippen LogP contribution in [0.3, 0.4) is 0 Å². The fourth-order valence-corrected chi connectivity index (χ4v) is 4.70. The van der Waals surface area contributed by atoms with Gasteiger partial charge in [0.2, 0.25) is 5.91 Å². The minimum absolute atomic E-state index is 0.00618. The number of thioether (sulfide) groups is 1. The lowest BCUT2D eigenvalue weighted by atomic mass is 10.1. The molecule has 0 unspecified atom stereocenters. The third kappa shape index (κ3) is 4.01. The minimum atomic E-state index is -0.282. The molecule has 1 aliphatic heterocycles. The predicted molar refractivity (Wildman–Crippen MR) is 122 cm³/mol. The van der Waals surface area contributed by atoms with Crippen LogP contribution in [0.2, 0.25) is 5.02 Å². The fraction of sp³-hybridized carbons (Fsp3) is 0.130. The molecule has 1 fully saturated rings. The van der Waals surface area contributed by atoms with E-state index in [1.54, 1.807) is 36.3 Å². The zero-order valence-electron chi connectivity index (χ0n) is 16.2. The molecule has 1 N–H and O–H groups in total. The lowest BCUT2D eigenvalue weighted by molar-refractivity contribution is -0.115. The number of methoxy groups -OCH3 is 1. The second-order valence-corrected chi connectivity index (χ2v) is 8.15. The number of nitrogens with zero attached hydrogens (tertiary/aromatic N) is 1. The molecule has 0 radical (unpaired) electrons. The first-order chi connectivity index (χ1) is 14.6. The van der Waals surface area contributed by atoms with Crippen molar-refractivity contribution in [3.63, 3.8) is 0 Å². The lowest BCUT2D eigenvalue weighted by Gasteiger charge is -2.27. The van der Waals surface area contributed by atoms with E-state index in [-0.39, 0.29) is 17.2 Å². The Morgan fingerprint density at radius 2 is 1.77 bits per heavy atom. The Kier molecular flexibility index (Phi) is 5.97. The lowest BCUT2D eigenvalue weighted by Crippen LogP contribution is -2.29. The number of hydrogen-bond donors (Lipinski definition) is 1. The molecule has 0 saturated carbocycles. The van der Waals surface area contributed by atoms with Crippen LogP contribution in [0.25, 0.3) is 0 Å². The van der Waals surface area contributed by atoms with Crippen LogP contribution in [0, 0.1) is 0 Å². The monoisotopic (exact) mass is 438 g/mol. The summed E-state index contributed by atoms with van der Waals surface area (Å²) in [4.78, 5) is 27.2. The summed E-state index contributed by atoms with van der Waals surface area (Å²) in [7, 11) is 1.59. The first-order valence-electron chi connectivity index (χ1n) is 9.31. The molecule has 0 aromatic heterocycles. The van der Waals surface area contributed by atoms with E-state index in [1.807, 2.05) is 48.5 Å². The van der Waals surface area contributed by atoms with Crippen LogP contribution < -0.4 is 15.0 Å². The molecule has 3 aromatic rings. The van der Waals surface area contributed by atoms with E-state index < -0.39 is 0 Å². The number of carbonyl (C=O) groups excluding carboxylic acids is 2. The van der Waals surface area contributed by atoms with Crippen molar-refractivity contribution in [1.82, 2.24) is 0 Å². The Morgan fingerprint density at radius 3 is 2.53 bits per heavy atom. The van der Waals surface area contributed by atoms with Gasteiger partial charge in [-0.25, -0.2) is 0 Å². The smallest absolute Gasteiger partial charge is 0.255 e. The van der Waals surface area contributed by atoms with Crippen LogP contribution in [0.1, 0.15) is 21.3 Å². The van der Waals surface area contributed by atoms with Gasteiger partial charge in [0.05, 0.1) is 18.6 Å². The van der Waals surface area contributed by atoms with E-state index in [4.69, 9.17) is 16.3 Å².